The Morgan fingerprint density at radius 1 is 1.47 bits per heavy atom. The van der Waals surface area contributed by atoms with E-state index in [0.717, 1.165) is 17.8 Å². The Balaban J connectivity index is 2.30. The third-order valence-electron chi connectivity index (χ3n) is 3.06. The standard InChI is InChI=1S/C12H17FN2/c1-9-3-2-4-15(9)12-6-10(8-14)5-11(13)7-12/h5-7,9H,2-4,8,14H2,1H3. The minimum Gasteiger partial charge on any atom is -0.369 e. The lowest BCUT2D eigenvalue weighted by atomic mass is 10.1. The third-order valence-corrected chi connectivity index (χ3v) is 3.06. The van der Waals surface area contributed by atoms with Crippen LogP contribution in [0.3, 0.4) is 0 Å². The number of anilines is 1. The van der Waals surface area contributed by atoms with Gasteiger partial charge in [0.2, 0.25) is 0 Å². The van der Waals surface area contributed by atoms with E-state index in [9.17, 15) is 4.39 Å². The number of nitrogens with two attached hydrogens (primary N) is 1. The van der Waals surface area contributed by atoms with E-state index < -0.39 is 0 Å². The molecule has 82 valence electrons. The quantitative estimate of drug-likeness (QED) is 0.807. The Hall–Kier alpha value is -1.09. The van der Waals surface area contributed by atoms with Gasteiger partial charge in [-0.3, -0.25) is 0 Å². The fourth-order valence-electron chi connectivity index (χ4n) is 2.23. The van der Waals surface area contributed by atoms with Crippen molar-refractivity contribution < 1.29 is 4.39 Å². The maximum Gasteiger partial charge on any atom is 0.125 e. The number of halogens is 1. The fraction of sp³-hybridized carbons (Fsp3) is 0.500. The molecule has 0 amide bonds. The Morgan fingerprint density at radius 2 is 2.27 bits per heavy atom. The molecule has 0 spiro atoms. The van der Waals surface area contributed by atoms with Gasteiger partial charge in [-0.1, -0.05) is 0 Å². The molecule has 0 saturated carbocycles. The first-order chi connectivity index (χ1) is 7.20. The molecule has 2 rings (SSSR count). The molecule has 1 aliphatic rings. The Bertz CT molecular complexity index is 351. The van der Waals surface area contributed by atoms with E-state index in [-0.39, 0.29) is 5.82 Å². The number of hydrogen-bond donors (Lipinski definition) is 1. The van der Waals surface area contributed by atoms with Gasteiger partial charge in [-0.05, 0) is 43.5 Å². The molecule has 1 atom stereocenters. The van der Waals surface area contributed by atoms with E-state index in [2.05, 4.69) is 11.8 Å². The molecular formula is C12H17FN2. The van der Waals surface area contributed by atoms with Crippen LogP contribution in [-0.4, -0.2) is 12.6 Å². The highest BCUT2D eigenvalue weighted by Crippen LogP contribution is 2.26. The minimum absolute atomic E-state index is 0.188. The Labute approximate surface area is 89.9 Å². The van der Waals surface area contributed by atoms with E-state index in [0.29, 0.717) is 12.6 Å². The number of hydrogen-bond acceptors (Lipinski definition) is 2. The number of benzene rings is 1. The van der Waals surface area contributed by atoms with Gasteiger partial charge in [0.05, 0.1) is 0 Å². The largest absolute Gasteiger partial charge is 0.369 e. The zero-order valence-corrected chi connectivity index (χ0v) is 9.04. The van der Waals surface area contributed by atoms with Gasteiger partial charge in [0.15, 0.2) is 0 Å². The highest BCUT2D eigenvalue weighted by Gasteiger charge is 2.20. The number of rotatable bonds is 2. The highest BCUT2D eigenvalue weighted by molar-refractivity contribution is 5.50. The van der Waals surface area contributed by atoms with Crippen LogP contribution in [0, 0.1) is 5.82 Å². The molecule has 1 aromatic carbocycles. The van der Waals surface area contributed by atoms with Crippen LogP contribution in [-0.2, 0) is 6.54 Å². The summed E-state index contributed by atoms with van der Waals surface area (Å²) in [5.74, 6) is -0.188. The van der Waals surface area contributed by atoms with Gasteiger partial charge in [0.1, 0.15) is 5.82 Å². The average molecular weight is 208 g/mol. The molecule has 1 heterocycles. The van der Waals surface area contributed by atoms with Crippen molar-refractivity contribution in [2.45, 2.75) is 32.4 Å². The summed E-state index contributed by atoms with van der Waals surface area (Å²) < 4.78 is 13.3. The van der Waals surface area contributed by atoms with Crippen molar-refractivity contribution >= 4 is 5.69 Å². The molecule has 2 N–H and O–H groups in total. The lowest BCUT2D eigenvalue weighted by Crippen LogP contribution is -2.26. The molecule has 1 aliphatic heterocycles. The molecule has 1 fully saturated rings. The van der Waals surface area contributed by atoms with Crippen LogP contribution in [0.15, 0.2) is 18.2 Å². The lowest BCUT2D eigenvalue weighted by Gasteiger charge is -2.24. The van der Waals surface area contributed by atoms with Crippen molar-refractivity contribution in [2.75, 3.05) is 11.4 Å². The summed E-state index contributed by atoms with van der Waals surface area (Å²) in [6, 6.07) is 5.60. The van der Waals surface area contributed by atoms with Crippen molar-refractivity contribution in [1.29, 1.82) is 0 Å². The summed E-state index contributed by atoms with van der Waals surface area (Å²) in [5.41, 5.74) is 7.37. The second kappa shape index (κ2) is 4.19. The van der Waals surface area contributed by atoms with Gasteiger partial charge in [-0.25, -0.2) is 4.39 Å². The first kappa shape index (κ1) is 10.4. The smallest absolute Gasteiger partial charge is 0.125 e. The molecule has 1 saturated heterocycles. The second-order valence-corrected chi connectivity index (χ2v) is 4.21. The molecule has 0 bridgehead atoms. The summed E-state index contributed by atoms with van der Waals surface area (Å²) in [6.45, 7) is 3.60. The van der Waals surface area contributed by atoms with Gasteiger partial charge in [-0.2, -0.15) is 0 Å². The highest BCUT2D eigenvalue weighted by atomic mass is 19.1. The fourth-order valence-corrected chi connectivity index (χ4v) is 2.23. The summed E-state index contributed by atoms with van der Waals surface area (Å²) in [7, 11) is 0. The predicted octanol–water partition coefficient (Wildman–Crippen LogP) is 2.27. The topological polar surface area (TPSA) is 29.3 Å². The maximum absolute atomic E-state index is 13.3. The molecule has 1 aromatic rings. The first-order valence-corrected chi connectivity index (χ1v) is 5.47. The van der Waals surface area contributed by atoms with Crippen molar-refractivity contribution in [3.05, 3.63) is 29.6 Å². The molecular weight excluding hydrogens is 191 g/mol. The van der Waals surface area contributed by atoms with E-state index in [4.69, 9.17) is 5.73 Å². The lowest BCUT2D eigenvalue weighted by molar-refractivity contribution is 0.623. The third kappa shape index (κ3) is 2.12. The SMILES string of the molecule is CC1CCCN1c1cc(F)cc(CN)c1. The van der Waals surface area contributed by atoms with Crippen molar-refractivity contribution in [3.8, 4) is 0 Å². The summed E-state index contributed by atoms with van der Waals surface area (Å²) >= 11 is 0. The van der Waals surface area contributed by atoms with E-state index in [1.54, 1.807) is 6.07 Å². The van der Waals surface area contributed by atoms with Crippen LogP contribution in [0.5, 0.6) is 0 Å². The van der Waals surface area contributed by atoms with Crippen LogP contribution in [0.4, 0.5) is 10.1 Å². The van der Waals surface area contributed by atoms with E-state index >= 15 is 0 Å². The number of nitrogens with zero attached hydrogens (tertiary/aromatic N) is 1. The molecule has 3 heteroatoms. The van der Waals surface area contributed by atoms with Crippen LogP contribution in [0.2, 0.25) is 0 Å². The van der Waals surface area contributed by atoms with Gasteiger partial charge in [0.25, 0.3) is 0 Å². The maximum atomic E-state index is 13.3. The van der Waals surface area contributed by atoms with E-state index in [1.807, 2.05) is 6.07 Å². The molecule has 1 unspecified atom stereocenters. The summed E-state index contributed by atoms with van der Waals surface area (Å²) in [6.07, 6.45) is 2.38. The molecule has 2 nitrogen and oxygen atoms in total. The van der Waals surface area contributed by atoms with Gasteiger partial charge in [-0.15, -0.1) is 0 Å². The van der Waals surface area contributed by atoms with Crippen molar-refractivity contribution in [3.63, 3.8) is 0 Å². The van der Waals surface area contributed by atoms with Crippen LogP contribution >= 0.6 is 0 Å². The first-order valence-electron chi connectivity index (χ1n) is 5.47. The van der Waals surface area contributed by atoms with Crippen LogP contribution in [0.1, 0.15) is 25.3 Å². The van der Waals surface area contributed by atoms with Crippen LogP contribution < -0.4 is 10.6 Å². The Kier molecular flexibility index (Phi) is 2.91. The summed E-state index contributed by atoms with van der Waals surface area (Å²) in [5, 5.41) is 0. The van der Waals surface area contributed by atoms with Gasteiger partial charge in [0, 0.05) is 24.8 Å². The molecule has 15 heavy (non-hydrogen) atoms. The molecule has 0 aliphatic carbocycles. The van der Waals surface area contributed by atoms with Crippen molar-refractivity contribution in [2.24, 2.45) is 5.73 Å². The second-order valence-electron chi connectivity index (χ2n) is 4.21. The zero-order valence-electron chi connectivity index (χ0n) is 9.04. The minimum atomic E-state index is -0.188. The molecule has 0 aromatic heterocycles. The predicted molar refractivity (Wildman–Crippen MR) is 60.3 cm³/mol. The van der Waals surface area contributed by atoms with Crippen LogP contribution in [0.25, 0.3) is 0 Å². The zero-order chi connectivity index (χ0) is 10.8. The monoisotopic (exact) mass is 208 g/mol. The van der Waals surface area contributed by atoms with Gasteiger partial charge >= 0.3 is 0 Å². The van der Waals surface area contributed by atoms with Gasteiger partial charge < -0.3 is 10.6 Å². The molecule has 0 radical (unpaired) electrons. The normalized spacial score (nSPS) is 21.0. The van der Waals surface area contributed by atoms with Crippen molar-refractivity contribution in [1.82, 2.24) is 0 Å². The average Bonchev–Trinajstić information content (AvgIpc) is 2.63. The Morgan fingerprint density at radius 3 is 2.87 bits per heavy atom. The summed E-state index contributed by atoms with van der Waals surface area (Å²) in [4.78, 5) is 2.25. The van der Waals surface area contributed by atoms with E-state index in [1.165, 1.54) is 18.9 Å².